The number of aromatic hydroxyl groups is 1. The predicted molar refractivity (Wildman–Crippen MR) is 133 cm³/mol. The Morgan fingerprint density at radius 1 is 1.00 bits per heavy atom. The molecule has 1 aliphatic heterocycles. The smallest absolute Gasteiger partial charge is 0.416 e. The summed E-state index contributed by atoms with van der Waals surface area (Å²) in [5.74, 6) is -1.09. The molecule has 0 spiro atoms. The number of imide groups is 1. The monoisotopic (exact) mass is 543 g/mol. The normalized spacial score (nSPS) is 14.7. The summed E-state index contributed by atoms with van der Waals surface area (Å²) < 4.78 is 48.7. The van der Waals surface area contributed by atoms with Crippen LogP contribution in [-0.2, 0) is 28.9 Å². The highest BCUT2D eigenvalue weighted by molar-refractivity contribution is 8.18. The summed E-state index contributed by atoms with van der Waals surface area (Å²) >= 11 is 0.662. The molecule has 0 aliphatic carbocycles. The maximum atomic E-state index is 12.8. The van der Waals surface area contributed by atoms with Crippen molar-refractivity contribution in [3.63, 3.8) is 0 Å². The van der Waals surface area contributed by atoms with Crippen LogP contribution >= 0.6 is 11.8 Å². The standard InChI is InChI=1S/C27H20F3NO6S/c1-36-20-9-4-17(5-10-20)15-37-25(34)21-12-18(6-11-22(21)32)13-23-24(33)31(26(35)38-23)14-16-2-7-19(8-3-16)27(28,29)30/h2-13,32H,14-15H2,1H3. The molecular weight excluding hydrogens is 523 g/mol. The van der Waals surface area contributed by atoms with Crippen LogP contribution in [0, 0.1) is 0 Å². The quantitative estimate of drug-likeness (QED) is 0.288. The maximum absolute atomic E-state index is 12.8. The van der Waals surface area contributed by atoms with E-state index < -0.39 is 28.9 Å². The van der Waals surface area contributed by atoms with Gasteiger partial charge in [-0.3, -0.25) is 14.5 Å². The molecule has 3 aromatic rings. The van der Waals surface area contributed by atoms with E-state index in [2.05, 4.69) is 0 Å². The lowest BCUT2D eigenvalue weighted by Gasteiger charge is -2.13. The van der Waals surface area contributed by atoms with Gasteiger partial charge in [-0.2, -0.15) is 13.2 Å². The molecule has 0 saturated carbocycles. The first-order chi connectivity index (χ1) is 18.0. The number of methoxy groups -OCH3 is 1. The molecule has 2 amide bonds. The molecule has 0 atom stereocenters. The van der Waals surface area contributed by atoms with E-state index in [-0.39, 0.29) is 29.4 Å². The van der Waals surface area contributed by atoms with Gasteiger partial charge in [0.15, 0.2) is 0 Å². The summed E-state index contributed by atoms with van der Waals surface area (Å²) in [7, 11) is 1.53. The number of esters is 1. The summed E-state index contributed by atoms with van der Waals surface area (Å²) in [6.07, 6.45) is -3.11. The second-order valence-electron chi connectivity index (χ2n) is 8.16. The number of phenolic OH excluding ortho intramolecular Hbond substituents is 1. The third-order valence-corrected chi connectivity index (χ3v) is 6.47. The van der Waals surface area contributed by atoms with Crippen LogP contribution in [0.4, 0.5) is 18.0 Å². The van der Waals surface area contributed by atoms with E-state index in [1.165, 1.54) is 43.5 Å². The lowest BCUT2D eigenvalue weighted by molar-refractivity contribution is -0.137. The minimum atomic E-state index is -4.49. The molecule has 1 N–H and O–H groups in total. The zero-order valence-electron chi connectivity index (χ0n) is 19.8. The predicted octanol–water partition coefficient (Wildman–Crippen LogP) is 6.01. The zero-order valence-corrected chi connectivity index (χ0v) is 20.6. The van der Waals surface area contributed by atoms with Gasteiger partial charge < -0.3 is 14.6 Å². The fraction of sp³-hybridized carbons (Fsp3) is 0.148. The van der Waals surface area contributed by atoms with Crippen molar-refractivity contribution in [2.45, 2.75) is 19.3 Å². The second kappa shape index (κ2) is 11.0. The molecule has 4 rings (SSSR count). The topological polar surface area (TPSA) is 93.1 Å². The van der Waals surface area contributed by atoms with Gasteiger partial charge in [0, 0.05) is 0 Å². The van der Waals surface area contributed by atoms with E-state index in [4.69, 9.17) is 9.47 Å². The number of alkyl halides is 3. The number of halogens is 3. The van der Waals surface area contributed by atoms with E-state index in [1.54, 1.807) is 24.3 Å². The molecule has 1 saturated heterocycles. The van der Waals surface area contributed by atoms with Crippen LogP contribution in [0.1, 0.15) is 32.6 Å². The molecule has 3 aromatic carbocycles. The first-order valence-corrected chi connectivity index (χ1v) is 11.9. The fourth-order valence-corrected chi connectivity index (χ4v) is 4.36. The molecule has 0 radical (unpaired) electrons. The van der Waals surface area contributed by atoms with Crippen molar-refractivity contribution in [2.75, 3.05) is 7.11 Å². The lowest BCUT2D eigenvalue weighted by atomic mass is 10.1. The molecule has 0 bridgehead atoms. The van der Waals surface area contributed by atoms with Crippen LogP contribution in [0.2, 0.25) is 0 Å². The van der Waals surface area contributed by atoms with Gasteiger partial charge in [-0.25, -0.2) is 4.79 Å². The van der Waals surface area contributed by atoms with E-state index in [1.807, 2.05) is 0 Å². The van der Waals surface area contributed by atoms with E-state index in [9.17, 15) is 32.7 Å². The Balaban J connectivity index is 1.45. The fourth-order valence-electron chi connectivity index (χ4n) is 3.52. The van der Waals surface area contributed by atoms with Crippen LogP contribution in [0.3, 0.4) is 0 Å². The third-order valence-electron chi connectivity index (χ3n) is 5.56. The highest BCUT2D eigenvalue weighted by atomic mass is 32.2. The molecule has 0 aromatic heterocycles. The van der Waals surface area contributed by atoms with Gasteiger partial charge >= 0.3 is 12.1 Å². The summed E-state index contributed by atoms with van der Waals surface area (Å²) in [5.41, 5.74) is 0.459. The molecule has 196 valence electrons. The Labute approximate surface area is 219 Å². The Bertz CT molecular complexity index is 1400. The van der Waals surface area contributed by atoms with Crippen molar-refractivity contribution >= 4 is 35.0 Å². The minimum absolute atomic E-state index is 0.0463. The summed E-state index contributed by atoms with van der Waals surface area (Å²) in [4.78, 5) is 38.8. The Hall–Kier alpha value is -4.25. The Kier molecular flexibility index (Phi) is 7.77. The molecule has 11 heteroatoms. The van der Waals surface area contributed by atoms with Crippen molar-refractivity contribution in [3.05, 3.63) is 99.5 Å². The van der Waals surface area contributed by atoms with Crippen molar-refractivity contribution in [1.82, 2.24) is 4.90 Å². The lowest BCUT2D eigenvalue weighted by Crippen LogP contribution is -2.27. The highest BCUT2D eigenvalue weighted by Crippen LogP contribution is 2.35. The van der Waals surface area contributed by atoms with Crippen LogP contribution < -0.4 is 4.74 Å². The number of carbonyl (C=O) groups is 3. The number of rotatable bonds is 7. The first kappa shape index (κ1) is 26.8. The zero-order chi connectivity index (χ0) is 27.4. The second-order valence-corrected chi connectivity index (χ2v) is 9.16. The van der Waals surface area contributed by atoms with Crippen LogP contribution in [-0.4, -0.2) is 34.2 Å². The average molecular weight is 544 g/mol. The molecule has 0 unspecified atom stereocenters. The van der Waals surface area contributed by atoms with Gasteiger partial charge in [-0.05, 0) is 70.9 Å². The number of amides is 2. The maximum Gasteiger partial charge on any atom is 0.416 e. The van der Waals surface area contributed by atoms with Gasteiger partial charge in [-0.15, -0.1) is 0 Å². The van der Waals surface area contributed by atoms with Crippen LogP contribution in [0.25, 0.3) is 6.08 Å². The van der Waals surface area contributed by atoms with Gasteiger partial charge in [0.25, 0.3) is 11.1 Å². The number of thioether (sulfide) groups is 1. The number of phenols is 1. The van der Waals surface area contributed by atoms with Gasteiger partial charge in [0.05, 0.1) is 24.1 Å². The number of benzene rings is 3. The molecule has 1 fully saturated rings. The van der Waals surface area contributed by atoms with Crippen LogP contribution in [0.15, 0.2) is 71.6 Å². The molecule has 1 heterocycles. The minimum Gasteiger partial charge on any atom is -0.507 e. The van der Waals surface area contributed by atoms with Gasteiger partial charge in [-0.1, -0.05) is 30.3 Å². The van der Waals surface area contributed by atoms with Crippen molar-refractivity contribution in [1.29, 1.82) is 0 Å². The van der Waals surface area contributed by atoms with E-state index in [0.29, 0.717) is 34.2 Å². The molecule has 7 nitrogen and oxygen atoms in total. The van der Waals surface area contributed by atoms with Crippen LogP contribution in [0.5, 0.6) is 11.5 Å². The number of ether oxygens (including phenoxy) is 2. The van der Waals surface area contributed by atoms with Crippen molar-refractivity contribution in [2.24, 2.45) is 0 Å². The largest absolute Gasteiger partial charge is 0.507 e. The van der Waals surface area contributed by atoms with Crippen molar-refractivity contribution < 1.29 is 42.1 Å². The SMILES string of the molecule is COc1ccc(COC(=O)c2cc(C=C3SC(=O)N(Cc4ccc(C(F)(F)F)cc4)C3=O)ccc2O)cc1. The molecule has 1 aliphatic rings. The molecular formula is C27H20F3NO6S. The summed E-state index contributed by atoms with van der Waals surface area (Å²) in [6.45, 7) is -0.242. The Morgan fingerprint density at radius 3 is 2.29 bits per heavy atom. The number of hydrogen-bond acceptors (Lipinski definition) is 7. The highest BCUT2D eigenvalue weighted by Gasteiger charge is 2.35. The van der Waals surface area contributed by atoms with E-state index >= 15 is 0 Å². The third kappa shape index (κ3) is 6.17. The number of hydrogen-bond donors (Lipinski definition) is 1. The Morgan fingerprint density at radius 2 is 1.66 bits per heavy atom. The average Bonchev–Trinajstić information content (AvgIpc) is 3.15. The summed E-state index contributed by atoms with van der Waals surface area (Å²) in [6, 6.07) is 15.1. The van der Waals surface area contributed by atoms with E-state index in [0.717, 1.165) is 17.0 Å². The number of nitrogens with zero attached hydrogens (tertiary/aromatic N) is 1. The summed E-state index contributed by atoms with van der Waals surface area (Å²) in [5, 5.41) is 9.57. The first-order valence-electron chi connectivity index (χ1n) is 11.1. The molecule has 38 heavy (non-hydrogen) atoms. The van der Waals surface area contributed by atoms with Gasteiger partial charge in [0.1, 0.15) is 23.7 Å². The van der Waals surface area contributed by atoms with Gasteiger partial charge in [0.2, 0.25) is 0 Å². The number of carbonyl (C=O) groups excluding carboxylic acids is 3. The van der Waals surface area contributed by atoms with Crippen molar-refractivity contribution in [3.8, 4) is 11.5 Å².